The molecule has 0 radical (unpaired) electrons. The van der Waals surface area contributed by atoms with Gasteiger partial charge in [-0.25, -0.2) is 4.79 Å². The second-order valence-corrected chi connectivity index (χ2v) is 6.86. The Hall–Kier alpha value is -3.23. The number of methoxy groups -OCH3 is 4. The number of carbonyl (C=O) groups excluding carboxylic acids is 1. The predicted molar refractivity (Wildman–Crippen MR) is 112 cm³/mol. The van der Waals surface area contributed by atoms with E-state index in [4.69, 9.17) is 32.8 Å². The summed E-state index contributed by atoms with van der Waals surface area (Å²) in [5.74, 6) is 1.32. The number of esters is 1. The normalized spacial score (nSPS) is 14.5. The molecule has 1 aliphatic heterocycles. The summed E-state index contributed by atoms with van der Waals surface area (Å²) < 4.78 is 39.1. The lowest BCUT2D eigenvalue weighted by molar-refractivity contribution is -0.182. The molecule has 8 heteroatoms. The standard InChI is InChI=1S/C23H24O8/c1-25-15-8-6-13(12-17(15)27-3)20-19(22(24)28-4)18-14(23-29-10-5-11-30-23)7-9-16(26-2)21(18)31-20/h6-9,12,23H,5,10-11H2,1-4H3. The van der Waals surface area contributed by atoms with Crippen LogP contribution in [0.25, 0.3) is 22.3 Å². The summed E-state index contributed by atoms with van der Waals surface area (Å²) in [4.78, 5) is 12.9. The van der Waals surface area contributed by atoms with Crippen molar-refractivity contribution in [1.82, 2.24) is 0 Å². The van der Waals surface area contributed by atoms with Crippen molar-refractivity contribution in [3.63, 3.8) is 0 Å². The Kier molecular flexibility index (Phi) is 6.01. The molecule has 4 rings (SSSR count). The third kappa shape index (κ3) is 3.68. The van der Waals surface area contributed by atoms with Gasteiger partial charge >= 0.3 is 5.97 Å². The number of fused-ring (bicyclic) bond motifs is 1. The Morgan fingerprint density at radius 1 is 0.903 bits per heavy atom. The van der Waals surface area contributed by atoms with E-state index in [1.165, 1.54) is 7.11 Å². The van der Waals surface area contributed by atoms with E-state index in [2.05, 4.69) is 0 Å². The summed E-state index contributed by atoms with van der Waals surface area (Å²) in [5.41, 5.74) is 1.96. The second kappa shape index (κ2) is 8.87. The summed E-state index contributed by atoms with van der Waals surface area (Å²) in [6, 6.07) is 8.85. The summed E-state index contributed by atoms with van der Waals surface area (Å²) in [7, 11) is 5.96. The zero-order chi connectivity index (χ0) is 22.0. The molecule has 1 saturated heterocycles. The fourth-order valence-corrected chi connectivity index (χ4v) is 3.71. The third-order valence-electron chi connectivity index (χ3n) is 5.17. The first-order chi connectivity index (χ1) is 15.1. The SMILES string of the molecule is COC(=O)c1c(-c2ccc(OC)c(OC)c2)oc2c(OC)ccc(C3OCCCO3)c12. The van der Waals surface area contributed by atoms with Crippen LogP contribution in [0.4, 0.5) is 0 Å². The maximum atomic E-state index is 12.9. The van der Waals surface area contributed by atoms with E-state index < -0.39 is 12.3 Å². The molecule has 2 heterocycles. The van der Waals surface area contributed by atoms with Crippen molar-refractivity contribution in [3.8, 4) is 28.6 Å². The van der Waals surface area contributed by atoms with Crippen molar-refractivity contribution in [1.29, 1.82) is 0 Å². The smallest absolute Gasteiger partial charge is 0.342 e. The molecule has 1 fully saturated rings. The van der Waals surface area contributed by atoms with Gasteiger partial charge in [0.2, 0.25) is 0 Å². The molecule has 0 bridgehead atoms. The molecule has 164 valence electrons. The monoisotopic (exact) mass is 428 g/mol. The highest BCUT2D eigenvalue weighted by molar-refractivity contribution is 6.11. The molecule has 3 aromatic rings. The van der Waals surface area contributed by atoms with Crippen LogP contribution in [0.15, 0.2) is 34.7 Å². The minimum atomic E-state index is -0.624. The van der Waals surface area contributed by atoms with Crippen LogP contribution in [0.1, 0.15) is 28.6 Å². The molecule has 0 atom stereocenters. The number of hydrogen-bond acceptors (Lipinski definition) is 8. The molecule has 1 aliphatic rings. The molecule has 1 aromatic heterocycles. The molecular weight excluding hydrogens is 404 g/mol. The summed E-state index contributed by atoms with van der Waals surface area (Å²) in [5, 5.41) is 0.530. The van der Waals surface area contributed by atoms with Crippen LogP contribution in [-0.2, 0) is 14.2 Å². The van der Waals surface area contributed by atoms with E-state index in [9.17, 15) is 4.79 Å². The predicted octanol–water partition coefficient (Wildman–Crippen LogP) is 4.35. The number of rotatable bonds is 6. The Balaban J connectivity index is 2.01. The molecule has 0 aliphatic carbocycles. The van der Waals surface area contributed by atoms with E-state index in [1.54, 1.807) is 45.6 Å². The average molecular weight is 428 g/mol. The van der Waals surface area contributed by atoms with Gasteiger partial charge < -0.3 is 32.8 Å². The number of hydrogen-bond donors (Lipinski definition) is 0. The lowest BCUT2D eigenvalue weighted by Crippen LogP contribution is -2.18. The van der Waals surface area contributed by atoms with E-state index in [0.717, 1.165) is 6.42 Å². The van der Waals surface area contributed by atoms with Crippen molar-refractivity contribution in [2.24, 2.45) is 0 Å². The highest BCUT2D eigenvalue weighted by Gasteiger charge is 2.31. The maximum Gasteiger partial charge on any atom is 0.342 e. The van der Waals surface area contributed by atoms with Gasteiger partial charge in [0.25, 0.3) is 0 Å². The first-order valence-electron chi connectivity index (χ1n) is 9.80. The molecule has 8 nitrogen and oxygen atoms in total. The molecule has 0 amide bonds. The Labute approximate surface area is 179 Å². The maximum absolute atomic E-state index is 12.9. The highest BCUT2D eigenvalue weighted by atomic mass is 16.7. The topological polar surface area (TPSA) is 85.6 Å². The first-order valence-corrected chi connectivity index (χ1v) is 9.80. The minimum absolute atomic E-state index is 0.261. The quantitative estimate of drug-likeness (QED) is 0.536. The van der Waals surface area contributed by atoms with Crippen molar-refractivity contribution in [2.45, 2.75) is 12.7 Å². The first kappa shape index (κ1) is 21.0. The number of furan rings is 1. The lowest BCUT2D eigenvalue weighted by atomic mass is 10.0. The van der Waals surface area contributed by atoms with Gasteiger partial charge in [0.05, 0.1) is 41.7 Å². The Bertz CT molecular complexity index is 1090. The van der Waals surface area contributed by atoms with Crippen molar-refractivity contribution in [2.75, 3.05) is 41.7 Å². The van der Waals surface area contributed by atoms with Crippen molar-refractivity contribution < 1.29 is 37.6 Å². The van der Waals surface area contributed by atoms with Gasteiger partial charge in [-0.15, -0.1) is 0 Å². The average Bonchev–Trinajstić information content (AvgIpc) is 3.23. The number of benzene rings is 2. The number of carbonyl (C=O) groups is 1. The van der Waals surface area contributed by atoms with Gasteiger partial charge in [-0.3, -0.25) is 0 Å². The van der Waals surface area contributed by atoms with Gasteiger partial charge in [-0.05, 0) is 36.8 Å². The fourth-order valence-electron chi connectivity index (χ4n) is 3.71. The minimum Gasteiger partial charge on any atom is -0.493 e. The van der Waals surface area contributed by atoms with Gasteiger partial charge in [-0.2, -0.15) is 0 Å². The molecule has 0 N–H and O–H groups in total. The van der Waals surface area contributed by atoms with E-state index in [1.807, 2.05) is 6.07 Å². The van der Waals surface area contributed by atoms with Crippen LogP contribution < -0.4 is 14.2 Å². The highest BCUT2D eigenvalue weighted by Crippen LogP contribution is 2.44. The van der Waals surface area contributed by atoms with Crippen LogP contribution in [0.2, 0.25) is 0 Å². The van der Waals surface area contributed by atoms with E-state index in [-0.39, 0.29) is 5.56 Å². The molecule has 2 aromatic carbocycles. The van der Waals surface area contributed by atoms with E-state index >= 15 is 0 Å². The summed E-state index contributed by atoms with van der Waals surface area (Å²) in [6.45, 7) is 1.12. The second-order valence-electron chi connectivity index (χ2n) is 6.86. The van der Waals surface area contributed by atoms with Crippen LogP contribution >= 0.6 is 0 Å². The Morgan fingerprint density at radius 3 is 2.23 bits per heavy atom. The molecule has 31 heavy (non-hydrogen) atoms. The van der Waals surface area contributed by atoms with E-state index in [0.29, 0.717) is 58.3 Å². The van der Waals surface area contributed by atoms with Crippen molar-refractivity contribution >= 4 is 16.9 Å². The molecule has 0 spiro atoms. The van der Waals surface area contributed by atoms with Crippen molar-refractivity contribution in [3.05, 3.63) is 41.5 Å². The third-order valence-corrected chi connectivity index (χ3v) is 5.17. The largest absolute Gasteiger partial charge is 0.493 e. The molecule has 0 unspecified atom stereocenters. The Morgan fingerprint density at radius 2 is 1.58 bits per heavy atom. The zero-order valence-electron chi connectivity index (χ0n) is 17.9. The fraction of sp³-hybridized carbons (Fsp3) is 0.348. The summed E-state index contributed by atoms with van der Waals surface area (Å²) in [6.07, 6.45) is 0.184. The van der Waals surface area contributed by atoms with Crippen LogP contribution in [-0.4, -0.2) is 47.6 Å². The molecular formula is C23H24O8. The summed E-state index contributed by atoms with van der Waals surface area (Å²) >= 11 is 0. The van der Waals surface area contributed by atoms with Gasteiger partial charge in [0.15, 0.2) is 29.1 Å². The van der Waals surface area contributed by atoms with Gasteiger partial charge in [0, 0.05) is 16.5 Å². The van der Waals surface area contributed by atoms with Gasteiger partial charge in [-0.1, -0.05) is 0 Å². The molecule has 0 saturated carbocycles. The zero-order valence-corrected chi connectivity index (χ0v) is 17.9. The van der Waals surface area contributed by atoms with Crippen LogP contribution in [0.5, 0.6) is 17.2 Å². The number of ether oxygens (including phenoxy) is 6. The van der Waals surface area contributed by atoms with Crippen LogP contribution in [0.3, 0.4) is 0 Å². The van der Waals surface area contributed by atoms with Crippen LogP contribution in [0, 0.1) is 0 Å². The van der Waals surface area contributed by atoms with Gasteiger partial charge in [0.1, 0.15) is 11.3 Å². The lowest BCUT2D eigenvalue weighted by Gasteiger charge is -2.24.